The average molecular weight is 489 g/mol. The standard InChI is InChI=1S/C24H19ClF2N2O3S/c25-16-4-2-14(3-5-16)10-15-11-18(13-19-22(15)28-23(30)24(19)8-1-9-24)29-33(31,32)21-7-6-17(26)12-20(21)27/h2-7,11-13,29H,1,8-10H2,(H,28,30). The predicted octanol–water partition coefficient (Wildman–Crippen LogP) is 5.38. The molecule has 2 aliphatic rings. The molecule has 0 bridgehead atoms. The Hall–Kier alpha value is -2.97. The van der Waals surface area contributed by atoms with Gasteiger partial charge in [-0.1, -0.05) is 30.2 Å². The van der Waals surface area contributed by atoms with Gasteiger partial charge in [0.1, 0.15) is 16.5 Å². The Balaban J connectivity index is 1.58. The summed E-state index contributed by atoms with van der Waals surface area (Å²) in [5, 5.41) is 3.57. The summed E-state index contributed by atoms with van der Waals surface area (Å²) in [4.78, 5) is 12.2. The van der Waals surface area contributed by atoms with E-state index in [0.717, 1.165) is 35.2 Å². The van der Waals surface area contributed by atoms with Gasteiger partial charge in [0.15, 0.2) is 0 Å². The molecule has 1 amide bonds. The second-order valence-electron chi connectivity index (χ2n) is 8.43. The summed E-state index contributed by atoms with van der Waals surface area (Å²) in [5.41, 5.74) is 2.61. The third-order valence-electron chi connectivity index (χ3n) is 6.36. The van der Waals surface area contributed by atoms with Crippen LogP contribution in [0.25, 0.3) is 0 Å². The lowest BCUT2D eigenvalue weighted by atomic mass is 9.65. The van der Waals surface area contributed by atoms with Gasteiger partial charge in [-0.3, -0.25) is 9.52 Å². The average Bonchev–Trinajstić information content (AvgIpc) is 3.01. The fraction of sp³-hybridized carbons (Fsp3) is 0.208. The van der Waals surface area contributed by atoms with Gasteiger partial charge in [-0.2, -0.15) is 0 Å². The number of rotatable bonds is 5. The van der Waals surface area contributed by atoms with Gasteiger partial charge in [0.25, 0.3) is 10.0 Å². The second kappa shape index (κ2) is 7.81. The van der Waals surface area contributed by atoms with Gasteiger partial charge in [0, 0.05) is 22.5 Å². The van der Waals surface area contributed by atoms with E-state index in [1.54, 1.807) is 24.3 Å². The summed E-state index contributed by atoms with van der Waals surface area (Å²) in [6.07, 6.45) is 2.68. The van der Waals surface area contributed by atoms with Crippen LogP contribution < -0.4 is 10.0 Å². The van der Waals surface area contributed by atoms with Crippen molar-refractivity contribution in [1.29, 1.82) is 0 Å². The molecule has 1 aliphatic carbocycles. The van der Waals surface area contributed by atoms with Gasteiger partial charge in [-0.25, -0.2) is 17.2 Å². The third kappa shape index (κ3) is 3.77. The van der Waals surface area contributed by atoms with E-state index in [1.165, 1.54) is 0 Å². The van der Waals surface area contributed by atoms with Crippen molar-refractivity contribution in [2.45, 2.75) is 36.0 Å². The van der Waals surface area contributed by atoms with Crippen molar-refractivity contribution in [3.05, 3.63) is 87.9 Å². The number of hydrogen-bond acceptors (Lipinski definition) is 3. The van der Waals surface area contributed by atoms with Crippen LogP contribution in [-0.2, 0) is 26.7 Å². The molecule has 170 valence electrons. The maximum atomic E-state index is 14.2. The first-order chi connectivity index (χ1) is 15.7. The molecule has 1 saturated carbocycles. The molecule has 0 saturated heterocycles. The molecular weight excluding hydrogens is 470 g/mol. The van der Waals surface area contributed by atoms with Crippen LogP contribution in [0.1, 0.15) is 36.0 Å². The molecule has 33 heavy (non-hydrogen) atoms. The fourth-order valence-corrected chi connectivity index (χ4v) is 5.76. The quantitative estimate of drug-likeness (QED) is 0.506. The van der Waals surface area contributed by atoms with Crippen LogP contribution in [-0.4, -0.2) is 14.3 Å². The van der Waals surface area contributed by atoms with E-state index in [4.69, 9.17) is 11.6 Å². The van der Waals surface area contributed by atoms with Crippen molar-refractivity contribution in [2.24, 2.45) is 0 Å². The molecule has 1 fully saturated rings. The van der Waals surface area contributed by atoms with Crippen molar-refractivity contribution in [3.63, 3.8) is 0 Å². The minimum absolute atomic E-state index is 0.0920. The molecule has 1 spiro atoms. The molecule has 9 heteroatoms. The largest absolute Gasteiger partial charge is 0.325 e. The van der Waals surface area contributed by atoms with Crippen molar-refractivity contribution < 1.29 is 22.0 Å². The van der Waals surface area contributed by atoms with Crippen LogP contribution in [0.3, 0.4) is 0 Å². The van der Waals surface area contributed by atoms with Gasteiger partial charge in [0.2, 0.25) is 5.91 Å². The molecule has 2 N–H and O–H groups in total. The molecule has 3 aromatic carbocycles. The summed E-state index contributed by atoms with van der Waals surface area (Å²) >= 11 is 5.98. The molecule has 0 atom stereocenters. The number of sulfonamides is 1. The summed E-state index contributed by atoms with van der Waals surface area (Å²) < 4.78 is 55.6. The maximum absolute atomic E-state index is 14.2. The van der Waals surface area contributed by atoms with Crippen LogP contribution >= 0.6 is 11.6 Å². The van der Waals surface area contributed by atoms with Gasteiger partial charge < -0.3 is 5.32 Å². The zero-order chi connectivity index (χ0) is 23.4. The van der Waals surface area contributed by atoms with E-state index in [0.29, 0.717) is 36.0 Å². The summed E-state index contributed by atoms with van der Waals surface area (Å²) in [7, 11) is -4.33. The van der Waals surface area contributed by atoms with Crippen LogP contribution in [0.15, 0.2) is 59.5 Å². The van der Waals surface area contributed by atoms with Crippen molar-refractivity contribution >= 4 is 38.9 Å². The van der Waals surface area contributed by atoms with Crippen LogP contribution in [0.2, 0.25) is 5.02 Å². The minimum atomic E-state index is -4.33. The molecule has 3 aromatic rings. The number of carbonyl (C=O) groups is 1. The molecular formula is C24H19ClF2N2O3S. The first kappa shape index (κ1) is 21.9. The predicted molar refractivity (Wildman–Crippen MR) is 122 cm³/mol. The summed E-state index contributed by atoms with van der Waals surface area (Å²) in [6.45, 7) is 0. The SMILES string of the molecule is O=C1Nc2c(Cc3ccc(Cl)cc3)cc(NS(=O)(=O)c3ccc(F)cc3F)cc2C12CCC2. The van der Waals surface area contributed by atoms with E-state index in [1.807, 2.05) is 12.1 Å². The Morgan fingerprint density at radius 2 is 1.76 bits per heavy atom. The number of hydrogen-bond donors (Lipinski definition) is 2. The first-order valence-electron chi connectivity index (χ1n) is 10.4. The number of anilines is 2. The summed E-state index contributed by atoms with van der Waals surface area (Å²) in [6, 6.07) is 12.8. The Morgan fingerprint density at radius 3 is 2.39 bits per heavy atom. The van der Waals surface area contributed by atoms with Crippen molar-refractivity contribution in [2.75, 3.05) is 10.0 Å². The minimum Gasteiger partial charge on any atom is -0.325 e. The third-order valence-corrected chi connectivity index (χ3v) is 8.03. The lowest BCUT2D eigenvalue weighted by Crippen LogP contribution is -2.40. The zero-order valence-corrected chi connectivity index (χ0v) is 18.9. The van der Waals surface area contributed by atoms with Crippen molar-refractivity contribution in [1.82, 2.24) is 0 Å². The Kier molecular flexibility index (Phi) is 5.17. The number of fused-ring (bicyclic) bond motifs is 2. The lowest BCUT2D eigenvalue weighted by molar-refractivity contribution is -0.123. The number of amides is 1. The highest BCUT2D eigenvalue weighted by Gasteiger charge is 2.51. The Bertz CT molecular complexity index is 1390. The zero-order valence-electron chi connectivity index (χ0n) is 17.3. The molecule has 1 aliphatic heterocycles. The van der Waals surface area contributed by atoms with Crippen molar-refractivity contribution in [3.8, 4) is 0 Å². The highest BCUT2D eigenvalue weighted by molar-refractivity contribution is 7.92. The van der Waals surface area contributed by atoms with E-state index < -0.39 is 32.0 Å². The van der Waals surface area contributed by atoms with E-state index >= 15 is 0 Å². The molecule has 0 unspecified atom stereocenters. The highest BCUT2D eigenvalue weighted by Crippen LogP contribution is 2.53. The number of benzene rings is 3. The fourth-order valence-electron chi connectivity index (χ4n) is 4.53. The number of nitrogens with one attached hydrogen (secondary N) is 2. The van der Waals surface area contributed by atoms with Crippen LogP contribution in [0.5, 0.6) is 0 Å². The molecule has 5 nitrogen and oxygen atoms in total. The Labute approximate surface area is 194 Å². The number of halogens is 3. The first-order valence-corrected chi connectivity index (χ1v) is 12.3. The lowest BCUT2D eigenvalue weighted by Gasteiger charge is -2.36. The monoisotopic (exact) mass is 488 g/mol. The maximum Gasteiger partial charge on any atom is 0.264 e. The van der Waals surface area contributed by atoms with Gasteiger partial charge >= 0.3 is 0 Å². The van der Waals surface area contributed by atoms with E-state index in [9.17, 15) is 22.0 Å². The smallest absolute Gasteiger partial charge is 0.264 e. The van der Waals surface area contributed by atoms with Crippen LogP contribution in [0.4, 0.5) is 20.2 Å². The normalized spacial score (nSPS) is 16.3. The second-order valence-corrected chi connectivity index (χ2v) is 10.5. The van der Waals surface area contributed by atoms with E-state index in [2.05, 4.69) is 10.0 Å². The highest BCUT2D eigenvalue weighted by atomic mass is 35.5. The van der Waals surface area contributed by atoms with Gasteiger partial charge in [-0.05, 0) is 72.4 Å². The van der Waals surface area contributed by atoms with E-state index in [-0.39, 0.29) is 11.6 Å². The van der Waals surface area contributed by atoms with Gasteiger partial charge in [-0.15, -0.1) is 0 Å². The van der Waals surface area contributed by atoms with Gasteiger partial charge in [0.05, 0.1) is 5.41 Å². The molecule has 1 heterocycles. The topological polar surface area (TPSA) is 75.3 Å². The molecule has 5 rings (SSSR count). The Morgan fingerprint density at radius 1 is 1.03 bits per heavy atom. The molecule has 0 radical (unpaired) electrons. The number of carbonyl (C=O) groups excluding carboxylic acids is 1. The van der Waals surface area contributed by atoms with Crippen LogP contribution in [0, 0.1) is 11.6 Å². The summed E-state index contributed by atoms with van der Waals surface area (Å²) in [5.74, 6) is -2.14. The molecule has 0 aromatic heterocycles.